The van der Waals surface area contributed by atoms with Crippen LogP contribution in [0.25, 0.3) is 0 Å². The monoisotopic (exact) mass is 260 g/mol. The minimum atomic E-state index is -0.161. The van der Waals surface area contributed by atoms with E-state index in [1.807, 2.05) is 19.2 Å². The molecule has 2 N–H and O–H groups in total. The van der Waals surface area contributed by atoms with Crippen molar-refractivity contribution in [1.82, 2.24) is 5.32 Å². The quantitative estimate of drug-likeness (QED) is 0.826. The Labute approximate surface area is 115 Å². The molecular weight excluding hydrogens is 236 g/mol. The Hall–Kier alpha value is -1.35. The smallest absolute Gasteiger partial charge is 0.231 e. The molecule has 3 heteroatoms. The Kier molecular flexibility index (Phi) is 4.25. The fourth-order valence-electron chi connectivity index (χ4n) is 2.43. The molecule has 0 aliphatic heterocycles. The van der Waals surface area contributed by atoms with Crippen LogP contribution in [0, 0.1) is 11.3 Å². The van der Waals surface area contributed by atoms with Gasteiger partial charge in [0.05, 0.1) is 5.41 Å². The molecular formula is C16H24N2O. The van der Waals surface area contributed by atoms with E-state index in [4.69, 9.17) is 0 Å². The number of hydrogen-bond donors (Lipinski definition) is 2. The number of carbonyl (C=O) groups is 1. The van der Waals surface area contributed by atoms with Crippen LogP contribution in [-0.2, 0) is 11.2 Å². The fraction of sp³-hybridized carbons (Fsp3) is 0.562. The second-order valence-corrected chi connectivity index (χ2v) is 6.06. The van der Waals surface area contributed by atoms with Gasteiger partial charge in [-0.1, -0.05) is 26.0 Å². The average Bonchev–Trinajstić information content (AvgIpc) is 3.12. The zero-order valence-corrected chi connectivity index (χ0v) is 12.1. The molecule has 1 saturated carbocycles. The summed E-state index contributed by atoms with van der Waals surface area (Å²) >= 11 is 0. The van der Waals surface area contributed by atoms with E-state index in [9.17, 15) is 4.79 Å². The largest absolute Gasteiger partial charge is 0.326 e. The van der Waals surface area contributed by atoms with E-state index in [0.29, 0.717) is 5.92 Å². The van der Waals surface area contributed by atoms with Crippen molar-refractivity contribution in [3.05, 3.63) is 29.8 Å². The Morgan fingerprint density at radius 1 is 1.26 bits per heavy atom. The zero-order chi connectivity index (χ0) is 13.9. The molecule has 0 unspecified atom stereocenters. The van der Waals surface area contributed by atoms with Crippen LogP contribution < -0.4 is 10.6 Å². The van der Waals surface area contributed by atoms with Crippen molar-refractivity contribution < 1.29 is 4.79 Å². The van der Waals surface area contributed by atoms with Gasteiger partial charge in [-0.3, -0.25) is 4.79 Å². The zero-order valence-electron chi connectivity index (χ0n) is 12.1. The topological polar surface area (TPSA) is 41.1 Å². The molecule has 0 radical (unpaired) electrons. The van der Waals surface area contributed by atoms with Gasteiger partial charge in [0, 0.05) is 12.2 Å². The first kappa shape index (κ1) is 14.1. The molecule has 0 bridgehead atoms. The first-order valence-electron chi connectivity index (χ1n) is 7.11. The van der Waals surface area contributed by atoms with Crippen molar-refractivity contribution in [1.29, 1.82) is 0 Å². The summed E-state index contributed by atoms with van der Waals surface area (Å²) in [5.41, 5.74) is 2.06. The Bertz CT molecular complexity index is 433. The number of benzene rings is 1. The Morgan fingerprint density at radius 3 is 2.37 bits per heavy atom. The van der Waals surface area contributed by atoms with E-state index >= 15 is 0 Å². The molecule has 1 fully saturated rings. The molecule has 0 atom stereocenters. The molecule has 1 aliphatic rings. The normalized spacial score (nSPS) is 16.4. The van der Waals surface area contributed by atoms with Crippen LogP contribution in [0.2, 0.25) is 0 Å². The minimum Gasteiger partial charge on any atom is -0.326 e. The summed E-state index contributed by atoms with van der Waals surface area (Å²) in [5.74, 6) is 0.810. The second kappa shape index (κ2) is 5.74. The maximum absolute atomic E-state index is 12.2. The summed E-state index contributed by atoms with van der Waals surface area (Å²) in [6, 6.07) is 8.22. The van der Waals surface area contributed by atoms with Gasteiger partial charge in [-0.2, -0.15) is 0 Å². The lowest BCUT2D eigenvalue weighted by molar-refractivity contribution is -0.120. The van der Waals surface area contributed by atoms with Gasteiger partial charge in [0.1, 0.15) is 0 Å². The van der Waals surface area contributed by atoms with E-state index in [0.717, 1.165) is 31.5 Å². The molecule has 104 valence electrons. The van der Waals surface area contributed by atoms with Crippen LogP contribution in [0.15, 0.2) is 24.3 Å². The van der Waals surface area contributed by atoms with Gasteiger partial charge in [-0.15, -0.1) is 0 Å². The predicted molar refractivity (Wildman–Crippen MR) is 79.2 cm³/mol. The van der Waals surface area contributed by atoms with E-state index in [1.165, 1.54) is 5.56 Å². The van der Waals surface area contributed by atoms with Gasteiger partial charge in [-0.25, -0.2) is 0 Å². The lowest BCUT2D eigenvalue weighted by atomic mass is 10.0. The van der Waals surface area contributed by atoms with Crippen molar-refractivity contribution >= 4 is 11.6 Å². The van der Waals surface area contributed by atoms with Crippen LogP contribution in [0.4, 0.5) is 5.69 Å². The predicted octanol–water partition coefficient (Wildman–Crippen LogP) is 2.82. The molecule has 0 saturated heterocycles. The van der Waals surface area contributed by atoms with Gasteiger partial charge in [0.2, 0.25) is 5.91 Å². The molecule has 0 spiro atoms. The van der Waals surface area contributed by atoms with Gasteiger partial charge in [0.15, 0.2) is 0 Å². The number of nitrogens with one attached hydrogen (secondary N) is 2. The van der Waals surface area contributed by atoms with Crippen LogP contribution >= 0.6 is 0 Å². The van der Waals surface area contributed by atoms with Gasteiger partial charge >= 0.3 is 0 Å². The minimum absolute atomic E-state index is 0.151. The van der Waals surface area contributed by atoms with Crippen LogP contribution in [0.1, 0.15) is 32.3 Å². The molecule has 19 heavy (non-hydrogen) atoms. The fourth-order valence-corrected chi connectivity index (χ4v) is 2.43. The summed E-state index contributed by atoms with van der Waals surface area (Å²) in [4.78, 5) is 12.2. The highest BCUT2D eigenvalue weighted by Crippen LogP contribution is 2.45. The SMILES string of the molecule is CNCC1(C(=O)Nc2ccc(CC(C)C)cc2)CC1. The van der Waals surface area contributed by atoms with Crippen molar-refractivity contribution in [2.75, 3.05) is 18.9 Å². The molecule has 0 aromatic heterocycles. The number of amides is 1. The maximum Gasteiger partial charge on any atom is 0.231 e. The molecule has 1 aliphatic carbocycles. The Balaban J connectivity index is 1.94. The number of carbonyl (C=O) groups excluding carboxylic acids is 1. The van der Waals surface area contributed by atoms with E-state index in [2.05, 4.69) is 36.6 Å². The lowest BCUT2D eigenvalue weighted by Gasteiger charge is -2.15. The van der Waals surface area contributed by atoms with Crippen LogP contribution in [0.3, 0.4) is 0 Å². The molecule has 1 aromatic carbocycles. The van der Waals surface area contributed by atoms with E-state index in [-0.39, 0.29) is 11.3 Å². The molecule has 1 aromatic rings. The molecule has 2 rings (SSSR count). The highest BCUT2D eigenvalue weighted by molar-refractivity contribution is 5.97. The number of anilines is 1. The van der Waals surface area contributed by atoms with Gasteiger partial charge in [-0.05, 0) is 49.9 Å². The first-order valence-corrected chi connectivity index (χ1v) is 7.11. The van der Waals surface area contributed by atoms with Crippen molar-refractivity contribution in [2.45, 2.75) is 33.1 Å². The van der Waals surface area contributed by atoms with Crippen LogP contribution in [0.5, 0.6) is 0 Å². The first-order chi connectivity index (χ1) is 9.05. The highest BCUT2D eigenvalue weighted by Gasteiger charge is 2.49. The summed E-state index contributed by atoms with van der Waals surface area (Å²) in [7, 11) is 1.90. The highest BCUT2D eigenvalue weighted by atomic mass is 16.2. The van der Waals surface area contributed by atoms with Crippen molar-refractivity contribution in [3.8, 4) is 0 Å². The molecule has 0 heterocycles. The summed E-state index contributed by atoms with van der Waals surface area (Å²) in [5, 5.41) is 6.14. The lowest BCUT2D eigenvalue weighted by Crippen LogP contribution is -2.32. The average molecular weight is 260 g/mol. The maximum atomic E-state index is 12.2. The molecule has 3 nitrogen and oxygen atoms in total. The second-order valence-electron chi connectivity index (χ2n) is 6.06. The van der Waals surface area contributed by atoms with Gasteiger partial charge in [0.25, 0.3) is 0 Å². The third kappa shape index (κ3) is 3.57. The van der Waals surface area contributed by atoms with Crippen molar-refractivity contribution in [2.24, 2.45) is 11.3 Å². The van der Waals surface area contributed by atoms with Gasteiger partial charge < -0.3 is 10.6 Å². The summed E-state index contributed by atoms with van der Waals surface area (Å²) in [6.45, 7) is 5.19. The van der Waals surface area contributed by atoms with E-state index < -0.39 is 0 Å². The number of rotatable bonds is 6. The number of hydrogen-bond acceptors (Lipinski definition) is 2. The third-order valence-corrected chi connectivity index (χ3v) is 3.71. The van der Waals surface area contributed by atoms with Crippen LogP contribution in [-0.4, -0.2) is 19.5 Å². The van der Waals surface area contributed by atoms with E-state index in [1.54, 1.807) is 0 Å². The molecule has 1 amide bonds. The third-order valence-electron chi connectivity index (χ3n) is 3.71. The van der Waals surface area contributed by atoms with Crippen molar-refractivity contribution in [3.63, 3.8) is 0 Å². The summed E-state index contributed by atoms with van der Waals surface area (Å²) < 4.78 is 0. The standard InChI is InChI=1S/C16H24N2O/c1-12(2)10-13-4-6-14(7-5-13)18-15(19)16(8-9-16)11-17-3/h4-7,12,17H,8-11H2,1-3H3,(H,18,19). The Morgan fingerprint density at radius 2 is 1.89 bits per heavy atom. The summed E-state index contributed by atoms with van der Waals surface area (Å²) in [6.07, 6.45) is 3.06.